The number of rotatable bonds is 0. The third-order valence-electron chi connectivity index (χ3n) is 4.01. The molecule has 2 bridgehead atoms. The maximum Gasteiger partial charge on any atom is 0.266 e. The van der Waals surface area contributed by atoms with E-state index in [1.54, 1.807) is 0 Å². The molecule has 4 rings (SSSR count). The first-order chi connectivity index (χ1) is 8.31. The topological polar surface area (TPSA) is 57.8 Å². The molecule has 0 saturated carbocycles. The van der Waals surface area contributed by atoms with E-state index < -0.39 is 0 Å². The van der Waals surface area contributed by atoms with Crippen LogP contribution in [0.4, 0.5) is 0 Å². The summed E-state index contributed by atoms with van der Waals surface area (Å²) in [6.45, 7) is 2.12. The summed E-state index contributed by atoms with van der Waals surface area (Å²) in [5.41, 5.74) is 4.46. The minimum atomic E-state index is -0.128. The van der Waals surface area contributed by atoms with Crippen LogP contribution in [0.2, 0.25) is 0 Å². The summed E-state index contributed by atoms with van der Waals surface area (Å²) in [7, 11) is 0. The van der Waals surface area contributed by atoms with Gasteiger partial charge in [0.15, 0.2) is 0 Å². The van der Waals surface area contributed by atoms with Crippen molar-refractivity contribution in [2.45, 2.75) is 18.3 Å². The highest BCUT2D eigenvalue weighted by Crippen LogP contribution is 2.44. The number of hydrogen-bond acceptors (Lipinski definition) is 3. The van der Waals surface area contributed by atoms with Crippen LogP contribution in [0.5, 0.6) is 0 Å². The molecule has 2 aliphatic rings. The molecule has 86 valence electrons. The van der Waals surface area contributed by atoms with Crippen molar-refractivity contribution in [3.05, 3.63) is 39.8 Å². The molecule has 0 radical (unpaired) electrons. The summed E-state index contributed by atoms with van der Waals surface area (Å²) in [5.74, 6) is 1.23. The van der Waals surface area contributed by atoms with Crippen molar-refractivity contribution >= 4 is 11.0 Å². The van der Waals surface area contributed by atoms with Crippen molar-refractivity contribution in [3.8, 4) is 0 Å². The van der Waals surface area contributed by atoms with Crippen LogP contribution < -0.4 is 10.9 Å². The first-order valence-corrected chi connectivity index (χ1v) is 6.05. The van der Waals surface area contributed by atoms with Crippen molar-refractivity contribution in [1.82, 2.24) is 15.3 Å². The highest BCUT2D eigenvalue weighted by Gasteiger charge is 2.34. The second kappa shape index (κ2) is 3.17. The fraction of sp³-hybridized carbons (Fsp3) is 0.385. The molecule has 1 aliphatic carbocycles. The molecule has 1 aromatic heterocycles. The molecule has 2 atom stereocenters. The molecule has 1 saturated heterocycles. The van der Waals surface area contributed by atoms with Gasteiger partial charge in [-0.25, -0.2) is 4.98 Å². The van der Waals surface area contributed by atoms with Crippen LogP contribution in [0.25, 0.3) is 11.0 Å². The van der Waals surface area contributed by atoms with Gasteiger partial charge in [0, 0.05) is 13.1 Å². The van der Waals surface area contributed by atoms with Crippen LogP contribution in [0.15, 0.2) is 23.1 Å². The maximum atomic E-state index is 11.3. The fourth-order valence-corrected chi connectivity index (χ4v) is 3.24. The minimum Gasteiger partial charge on any atom is -0.319 e. The van der Waals surface area contributed by atoms with Crippen molar-refractivity contribution in [2.24, 2.45) is 0 Å². The fourth-order valence-electron chi connectivity index (χ4n) is 3.24. The van der Waals surface area contributed by atoms with Gasteiger partial charge in [0.05, 0.1) is 17.2 Å². The Morgan fingerprint density at radius 1 is 1.18 bits per heavy atom. The highest BCUT2D eigenvalue weighted by molar-refractivity contribution is 5.77. The van der Waals surface area contributed by atoms with Crippen molar-refractivity contribution in [2.75, 3.05) is 13.1 Å². The number of aromatic amines is 1. The molecular formula is C13H13N3O. The monoisotopic (exact) mass is 227 g/mol. The minimum absolute atomic E-state index is 0.128. The number of aromatic nitrogens is 2. The number of H-pyrrole nitrogens is 1. The van der Waals surface area contributed by atoms with Gasteiger partial charge < -0.3 is 10.3 Å². The number of hydrogen-bond donors (Lipinski definition) is 2. The Hall–Kier alpha value is -1.68. The van der Waals surface area contributed by atoms with E-state index >= 15 is 0 Å². The van der Waals surface area contributed by atoms with Gasteiger partial charge >= 0.3 is 0 Å². The molecule has 2 N–H and O–H groups in total. The normalized spacial score (nSPS) is 26.1. The van der Waals surface area contributed by atoms with Crippen LogP contribution in [-0.4, -0.2) is 23.1 Å². The quantitative estimate of drug-likeness (QED) is 0.708. The molecule has 0 unspecified atom stereocenters. The van der Waals surface area contributed by atoms with E-state index in [0.717, 1.165) is 24.1 Å². The lowest BCUT2D eigenvalue weighted by Crippen LogP contribution is -2.28. The molecule has 17 heavy (non-hydrogen) atoms. The molecule has 0 amide bonds. The Kier molecular flexibility index (Phi) is 1.74. The van der Waals surface area contributed by atoms with Gasteiger partial charge in [-0.2, -0.15) is 0 Å². The van der Waals surface area contributed by atoms with E-state index in [0.29, 0.717) is 11.8 Å². The summed E-state index contributed by atoms with van der Waals surface area (Å²) in [6.07, 6.45) is 2.59. The Labute approximate surface area is 98.1 Å². The Bertz CT molecular complexity index is 661. The number of piperidine rings is 1. The Balaban J connectivity index is 2.03. The summed E-state index contributed by atoms with van der Waals surface area (Å²) >= 11 is 0. The van der Waals surface area contributed by atoms with E-state index in [9.17, 15) is 4.79 Å². The molecule has 2 heterocycles. The molecule has 2 aromatic rings. The van der Waals surface area contributed by atoms with E-state index in [4.69, 9.17) is 0 Å². The Morgan fingerprint density at radius 2 is 1.94 bits per heavy atom. The van der Waals surface area contributed by atoms with Gasteiger partial charge in [0.25, 0.3) is 5.56 Å². The van der Waals surface area contributed by atoms with E-state index in [1.807, 2.05) is 0 Å². The zero-order valence-electron chi connectivity index (χ0n) is 9.36. The van der Waals surface area contributed by atoms with Crippen LogP contribution >= 0.6 is 0 Å². The zero-order valence-corrected chi connectivity index (χ0v) is 9.36. The maximum absolute atomic E-state index is 11.3. The lowest BCUT2D eigenvalue weighted by Gasteiger charge is -2.19. The van der Waals surface area contributed by atoms with Gasteiger partial charge in [-0.3, -0.25) is 4.79 Å². The van der Waals surface area contributed by atoms with Crippen LogP contribution in [-0.2, 0) is 0 Å². The van der Waals surface area contributed by atoms with Crippen LogP contribution in [0.3, 0.4) is 0 Å². The van der Waals surface area contributed by atoms with Crippen LogP contribution in [0.1, 0.15) is 29.4 Å². The Morgan fingerprint density at radius 3 is 2.76 bits per heavy atom. The average molecular weight is 227 g/mol. The van der Waals surface area contributed by atoms with E-state index in [-0.39, 0.29) is 5.56 Å². The molecule has 4 heteroatoms. The van der Waals surface area contributed by atoms with Crippen molar-refractivity contribution in [1.29, 1.82) is 0 Å². The van der Waals surface area contributed by atoms with Crippen molar-refractivity contribution < 1.29 is 0 Å². The van der Waals surface area contributed by atoms with Gasteiger partial charge in [0.2, 0.25) is 0 Å². The number of fused-ring (bicyclic) bond motifs is 6. The molecule has 1 fully saturated rings. The number of benzene rings is 1. The summed E-state index contributed by atoms with van der Waals surface area (Å²) in [5, 5.41) is 3.47. The zero-order chi connectivity index (χ0) is 11.4. The van der Waals surface area contributed by atoms with E-state index in [1.165, 1.54) is 23.7 Å². The molecule has 1 aliphatic heterocycles. The lowest BCUT2D eigenvalue weighted by atomic mass is 9.98. The third kappa shape index (κ3) is 1.27. The SMILES string of the molecule is O=c1cnc2cc3c(cc2[nH]1)[C@@H]1CNC[C@@H]3C1. The second-order valence-corrected chi connectivity index (χ2v) is 5.03. The summed E-state index contributed by atoms with van der Waals surface area (Å²) < 4.78 is 0. The molecule has 1 aromatic carbocycles. The van der Waals surface area contributed by atoms with Gasteiger partial charge in [-0.15, -0.1) is 0 Å². The first kappa shape index (κ1) is 9.36. The first-order valence-electron chi connectivity index (χ1n) is 6.05. The largest absolute Gasteiger partial charge is 0.319 e. The van der Waals surface area contributed by atoms with E-state index in [2.05, 4.69) is 27.4 Å². The number of nitrogens with zero attached hydrogens (tertiary/aromatic N) is 1. The van der Waals surface area contributed by atoms with Crippen molar-refractivity contribution in [3.63, 3.8) is 0 Å². The highest BCUT2D eigenvalue weighted by atomic mass is 16.1. The molecule has 4 nitrogen and oxygen atoms in total. The van der Waals surface area contributed by atoms with Gasteiger partial charge in [0.1, 0.15) is 0 Å². The average Bonchev–Trinajstić information content (AvgIpc) is 2.59. The van der Waals surface area contributed by atoms with Gasteiger partial charge in [-0.1, -0.05) is 0 Å². The molecule has 0 spiro atoms. The smallest absolute Gasteiger partial charge is 0.266 e. The predicted octanol–water partition coefficient (Wildman–Crippen LogP) is 1.10. The number of nitrogens with one attached hydrogen (secondary N) is 2. The molecular weight excluding hydrogens is 214 g/mol. The standard InChI is InChI=1S/C13H13N3O/c17-13-6-15-11-2-9-7-1-8(5-14-4-7)10(9)3-12(11)16-13/h2-3,6-8,14H,1,4-5H2,(H,16,17)/t7-,8-/m0/s1. The van der Waals surface area contributed by atoms with Crippen LogP contribution in [0, 0.1) is 0 Å². The summed E-state index contributed by atoms with van der Waals surface area (Å²) in [4.78, 5) is 18.4. The summed E-state index contributed by atoms with van der Waals surface area (Å²) in [6, 6.07) is 4.27. The third-order valence-corrected chi connectivity index (χ3v) is 4.01. The predicted molar refractivity (Wildman–Crippen MR) is 65.3 cm³/mol. The van der Waals surface area contributed by atoms with Gasteiger partial charge in [-0.05, 0) is 41.5 Å². The lowest BCUT2D eigenvalue weighted by molar-refractivity contribution is 0.454. The second-order valence-electron chi connectivity index (χ2n) is 5.03.